The van der Waals surface area contributed by atoms with Gasteiger partial charge in [-0.2, -0.15) is 18.2 Å². The molecule has 4 aromatic heterocycles. The van der Waals surface area contributed by atoms with Crippen LogP contribution in [0.3, 0.4) is 0 Å². The molecule has 6 aromatic rings. The first kappa shape index (κ1) is 31.3. The number of benzene rings is 2. The number of nitrogens with one attached hydrogen (secondary N) is 4. The van der Waals surface area contributed by atoms with E-state index < -0.39 is 33.6 Å². The van der Waals surface area contributed by atoms with Crippen molar-refractivity contribution >= 4 is 49.9 Å². The van der Waals surface area contributed by atoms with Gasteiger partial charge in [0.2, 0.25) is 0 Å². The van der Waals surface area contributed by atoms with Gasteiger partial charge in [0.05, 0.1) is 40.1 Å². The van der Waals surface area contributed by atoms with E-state index in [1.165, 1.54) is 21.5 Å². The third-order valence-corrected chi connectivity index (χ3v) is 8.98. The van der Waals surface area contributed by atoms with Crippen LogP contribution in [0.5, 0.6) is 0 Å². The highest BCUT2D eigenvalue weighted by molar-refractivity contribution is 7.90. The zero-order chi connectivity index (χ0) is 34.4. The summed E-state index contributed by atoms with van der Waals surface area (Å²) in [5.74, 6) is 4.66. The molecular weight excluding hydrogens is 648 g/mol. The van der Waals surface area contributed by atoms with Crippen molar-refractivity contribution in [3.05, 3.63) is 112 Å². The fourth-order valence-corrected chi connectivity index (χ4v) is 6.74. The molecule has 0 fully saturated rings. The van der Waals surface area contributed by atoms with Crippen LogP contribution in [0.1, 0.15) is 57.4 Å². The first-order chi connectivity index (χ1) is 23.6. The lowest BCUT2D eigenvalue weighted by molar-refractivity contribution is 0.0937. The maximum atomic E-state index is 14.6. The molecule has 1 aliphatic heterocycles. The van der Waals surface area contributed by atoms with Crippen LogP contribution in [-0.4, -0.2) is 55.7 Å². The molecule has 5 heterocycles. The van der Waals surface area contributed by atoms with Gasteiger partial charge in [0.25, 0.3) is 27.6 Å². The second-order valence-corrected chi connectivity index (χ2v) is 12.7. The van der Waals surface area contributed by atoms with Crippen LogP contribution >= 0.6 is 0 Å². The molecule has 15 nitrogen and oxygen atoms in total. The number of carbonyl (C=O) groups is 2. The summed E-state index contributed by atoms with van der Waals surface area (Å²) >= 11 is 0. The van der Waals surface area contributed by atoms with Gasteiger partial charge in [0.15, 0.2) is 11.5 Å². The highest BCUT2D eigenvalue weighted by Gasteiger charge is 2.34. The lowest BCUT2D eigenvalue weighted by atomic mass is 9.97. The largest absolute Gasteiger partial charge is 0.344 e. The van der Waals surface area contributed by atoms with Crippen molar-refractivity contribution in [2.45, 2.75) is 19.9 Å². The van der Waals surface area contributed by atoms with Gasteiger partial charge in [-0.15, -0.1) is 5.10 Å². The molecule has 2 aromatic carbocycles. The maximum absolute atomic E-state index is 14.6. The Kier molecular flexibility index (Phi) is 7.70. The Morgan fingerprint density at radius 3 is 2.59 bits per heavy atom. The number of para-hydroxylation sites is 1. The Balaban J connectivity index is 1.40. The quantitative estimate of drug-likeness (QED) is 0.177. The average molecular weight is 677 g/mol. The van der Waals surface area contributed by atoms with E-state index in [-0.39, 0.29) is 40.2 Å². The van der Waals surface area contributed by atoms with E-state index in [0.717, 1.165) is 0 Å². The summed E-state index contributed by atoms with van der Waals surface area (Å²) in [6, 6.07) is 12.7. The second-order valence-electron chi connectivity index (χ2n) is 11.2. The predicted octanol–water partition coefficient (Wildman–Crippen LogP) is 2.49. The number of rotatable bonds is 8. The second kappa shape index (κ2) is 12.0. The molecular formula is C33H28N10O5S. The van der Waals surface area contributed by atoms with E-state index in [2.05, 4.69) is 47.1 Å². The van der Waals surface area contributed by atoms with Crippen LogP contribution in [-0.2, 0) is 17.3 Å². The average Bonchev–Trinajstić information content (AvgIpc) is 3.75. The molecule has 0 saturated heterocycles. The van der Waals surface area contributed by atoms with Crippen molar-refractivity contribution in [2.24, 2.45) is 7.05 Å². The summed E-state index contributed by atoms with van der Waals surface area (Å²) in [5, 5.41) is 14.7. The van der Waals surface area contributed by atoms with Gasteiger partial charge < -0.3 is 10.6 Å². The molecule has 1 atom stereocenters. The van der Waals surface area contributed by atoms with Gasteiger partial charge in [0, 0.05) is 48.8 Å². The first-order valence-electron chi connectivity index (χ1n) is 15.1. The monoisotopic (exact) mass is 676 g/mol. The number of hydrogen-bond acceptors (Lipinski definition) is 8. The lowest BCUT2D eigenvalue weighted by Crippen LogP contribution is -2.35. The number of hydrogen-bond donors (Lipinski definition) is 4. The van der Waals surface area contributed by atoms with Gasteiger partial charge in [-0.3, -0.25) is 28.4 Å². The Labute approximate surface area is 279 Å². The van der Waals surface area contributed by atoms with Crippen LogP contribution in [0, 0.1) is 11.8 Å². The van der Waals surface area contributed by atoms with Crippen molar-refractivity contribution in [2.75, 3.05) is 16.6 Å². The van der Waals surface area contributed by atoms with Crippen molar-refractivity contribution in [3.8, 4) is 17.5 Å². The summed E-state index contributed by atoms with van der Waals surface area (Å²) in [7, 11) is -2.30. The SMILES string of the molecule is CCNS(=O)(=O)Nc1nn2cccnc2c1C(=O)N[C@H](C)c1c2c3c(ccc(C#Cc4cnn(C)c4)c3c(=O)n1-c1ccccc1)NC2=O. The Morgan fingerprint density at radius 2 is 1.86 bits per heavy atom. The molecule has 0 spiro atoms. The summed E-state index contributed by atoms with van der Waals surface area (Å²) in [6.45, 7) is 3.34. The zero-order valence-electron chi connectivity index (χ0n) is 26.3. The molecule has 246 valence electrons. The van der Waals surface area contributed by atoms with Gasteiger partial charge in [0.1, 0.15) is 5.56 Å². The molecule has 0 aliphatic carbocycles. The standard InChI is InChI=1S/C33H28N10O5S/c1-4-36-49(47,48)40-29-27(30-34-15-8-16-42(30)39-29)32(45)37-19(2)28-26-25-23(38-31(26)44)14-13-21(12-11-20-17-35-41(3)18-20)24(25)33(46)43(28)22-9-6-5-7-10-22/h5-10,13-19,36H,4H2,1-3H3,(H,37,45)(H,38,44)(H,39,40)/t19-/m1/s1. The van der Waals surface area contributed by atoms with Crippen molar-refractivity contribution in [1.82, 2.24) is 39.0 Å². The Morgan fingerprint density at radius 1 is 1.06 bits per heavy atom. The van der Waals surface area contributed by atoms with E-state index in [1.54, 1.807) is 86.5 Å². The minimum atomic E-state index is -4.08. The normalized spacial score (nSPS) is 12.8. The maximum Gasteiger partial charge on any atom is 0.300 e. The number of fused-ring (bicyclic) bond motifs is 1. The number of anilines is 2. The number of nitrogens with zero attached hydrogens (tertiary/aromatic N) is 6. The predicted molar refractivity (Wildman–Crippen MR) is 182 cm³/mol. The van der Waals surface area contributed by atoms with Crippen molar-refractivity contribution in [1.29, 1.82) is 0 Å². The zero-order valence-corrected chi connectivity index (χ0v) is 27.2. The number of pyridine rings is 1. The molecule has 7 rings (SSSR count). The minimum absolute atomic E-state index is 0.0850. The number of carbonyl (C=O) groups excluding carboxylic acids is 2. The molecule has 0 bridgehead atoms. The third kappa shape index (κ3) is 5.56. The fourth-order valence-electron chi connectivity index (χ4n) is 5.90. The van der Waals surface area contributed by atoms with Crippen LogP contribution < -0.4 is 25.6 Å². The smallest absolute Gasteiger partial charge is 0.300 e. The van der Waals surface area contributed by atoms with Gasteiger partial charge in [-0.1, -0.05) is 37.0 Å². The fraction of sp³-hybridized carbons (Fsp3) is 0.152. The topological polar surface area (TPSA) is 186 Å². The van der Waals surface area contributed by atoms with Crippen molar-refractivity contribution < 1.29 is 18.0 Å². The van der Waals surface area contributed by atoms with E-state index in [1.807, 2.05) is 0 Å². The van der Waals surface area contributed by atoms with Gasteiger partial charge in [-0.05, 0) is 37.3 Å². The molecule has 16 heteroatoms. The minimum Gasteiger partial charge on any atom is -0.344 e. The molecule has 0 unspecified atom stereocenters. The van der Waals surface area contributed by atoms with E-state index in [4.69, 9.17) is 0 Å². The molecule has 49 heavy (non-hydrogen) atoms. The molecule has 0 radical (unpaired) electrons. The molecule has 0 saturated carbocycles. The highest BCUT2D eigenvalue weighted by Crippen LogP contribution is 2.38. The molecule has 4 N–H and O–H groups in total. The number of amides is 2. The lowest BCUT2D eigenvalue weighted by Gasteiger charge is -2.23. The molecule has 1 aliphatic rings. The highest BCUT2D eigenvalue weighted by atomic mass is 32.2. The van der Waals surface area contributed by atoms with E-state index in [9.17, 15) is 22.8 Å². The summed E-state index contributed by atoms with van der Waals surface area (Å²) < 4.78 is 34.1. The summed E-state index contributed by atoms with van der Waals surface area (Å²) in [5.41, 5.74) is 1.83. The number of aryl methyl sites for hydroxylation is 1. The van der Waals surface area contributed by atoms with E-state index in [0.29, 0.717) is 27.9 Å². The third-order valence-electron chi connectivity index (χ3n) is 7.85. The van der Waals surface area contributed by atoms with E-state index >= 15 is 0 Å². The molecule has 2 amide bonds. The van der Waals surface area contributed by atoms with Crippen LogP contribution in [0.15, 0.2) is 78.1 Å². The Hall–Kier alpha value is -6.31. The number of aromatic nitrogens is 6. The summed E-state index contributed by atoms with van der Waals surface area (Å²) in [4.78, 5) is 46.7. The summed E-state index contributed by atoms with van der Waals surface area (Å²) in [6.07, 6.45) is 6.32. The van der Waals surface area contributed by atoms with Gasteiger partial charge in [-0.25, -0.2) is 9.50 Å². The van der Waals surface area contributed by atoms with Crippen LogP contribution in [0.4, 0.5) is 11.5 Å². The van der Waals surface area contributed by atoms with Crippen LogP contribution in [0.25, 0.3) is 22.1 Å². The first-order valence-corrected chi connectivity index (χ1v) is 16.6. The van der Waals surface area contributed by atoms with Crippen molar-refractivity contribution in [3.63, 3.8) is 0 Å². The van der Waals surface area contributed by atoms with Crippen LogP contribution in [0.2, 0.25) is 0 Å². The van der Waals surface area contributed by atoms with Gasteiger partial charge >= 0.3 is 0 Å². The Bertz CT molecular complexity index is 2560.